The van der Waals surface area contributed by atoms with E-state index in [9.17, 15) is 4.39 Å². The zero-order valence-corrected chi connectivity index (χ0v) is 11.4. The minimum absolute atomic E-state index is 0.187. The van der Waals surface area contributed by atoms with E-state index in [0.29, 0.717) is 6.04 Å². The first-order chi connectivity index (χ1) is 9.15. The van der Waals surface area contributed by atoms with Crippen LogP contribution in [0.1, 0.15) is 31.0 Å². The van der Waals surface area contributed by atoms with Crippen molar-refractivity contribution in [1.82, 2.24) is 5.32 Å². The number of nitrogens with one attached hydrogen (secondary N) is 1. The highest BCUT2D eigenvalue weighted by atomic mass is 19.1. The summed E-state index contributed by atoms with van der Waals surface area (Å²) in [5.74, 6) is -0.187. The lowest BCUT2D eigenvalue weighted by Gasteiger charge is -2.20. The first-order valence-corrected chi connectivity index (χ1v) is 6.70. The second-order valence-electron chi connectivity index (χ2n) is 5.03. The van der Waals surface area contributed by atoms with Gasteiger partial charge in [-0.2, -0.15) is 0 Å². The molecule has 2 aromatic carbocycles. The van der Waals surface area contributed by atoms with Gasteiger partial charge in [-0.25, -0.2) is 4.39 Å². The van der Waals surface area contributed by atoms with Crippen LogP contribution in [-0.2, 0) is 6.42 Å². The minimum Gasteiger partial charge on any atom is -0.307 e. The van der Waals surface area contributed by atoms with Crippen LogP contribution in [0.3, 0.4) is 0 Å². The molecule has 0 fully saturated rings. The van der Waals surface area contributed by atoms with Crippen molar-refractivity contribution in [2.45, 2.75) is 32.4 Å². The fourth-order valence-electron chi connectivity index (χ4n) is 2.30. The topological polar surface area (TPSA) is 12.0 Å². The van der Waals surface area contributed by atoms with E-state index in [4.69, 9.17) is 0 Å². The average Bonchev–Trinajstić information content (AvgIpc) is 2.40. The molecule has 2 aromatic rings. The molecule has 0 spiro atoms. The van der Waals surface area contributed by atoms with Gasteiger partial charge in [0.15, 0.2) is 0 Å². The highest BCUT2D eigenvalue weighted by molar-refractivity contribution is 5.20. The molecule has 1 unspecified atom stereocenters. The van der Waals surface area contributed by atoms with Gasteiger partial charge in [-0.05, 0) is 43.5 Å². The van der Waals surface area contributed by atoms with E-state index in [2.05, 4.69) is 43.4 Å². The quantitative estimate of drug-likeness (QED) is 0.850. The van der Waals surface area contributed by atoms with Crippen molar-refractivity contribution in [2.75, 3.05) is 0 Å². The van der Waals surface area contributed by atoms with Crippen LogP contribution in [0.2, 0.25) is 0 Å². The van der Waals surface area contributed by atoms with Crippen LogP contribution in [-0.4, -0.2) is 6.04 Å². The molecule has 0 aromatic heterocycles. The average molecular weight is 257 g/mol. The van der Waals surface area contributed by atoms with Crippen molar-refractivity contribution in [3.05, 3.63) is 71.5 Å². The molecule has 100 valence electrons. The summed E-state index contributed by atoms with van der Waals surface area (Å²) in [7, 11) is 0. The van der Waals surface area contributed by atoms with E-state index < -0.39 is 0 Å². The Labute approximate surface area is 114 Å². The number of halogens is 1. The number of benzene rings is 2. The lowest BCUT2D eigenvalue weighted by molar-refractivity contribution is 0.476. The Morgan fingerprint density at radius 2 is 1.58 bits per heavy atom. The molecular formula is C17H20FN. The maximum atomic E-state index is 12.9. The SMILES string of the molecule is CC(Cc1ccccc1)N[C@@H](C)c1ccc(F)cc1. The lowest BCUT2D eigenvalue weighted by Crippen LogP contribution is -2.30. The van der Waals surface area contributed by atoms with E-state index in [1.807, 2.05) is 18.2 Å². The maximum Gasteiger partial charge on any atom is 0.123 e. The number of rotatable bonds is 5. The first-order valence-electron chi connectivity index (χ1n) is 6.70. The summed E-state index contributed by atoms with van der Waals surface area (Å²) >= 11 is 0. The molecule has 0 amide bonds. The van der Waals surface area contributed by atoms with Crippen molar-refractivity contribution < 1.29 is 4.39 Å². The van der Waals surface area contributed by atoms with Crippen LogP contribution < -0.4 is 5.32 Å². The number of hydrogen-bond acceptors (Lipinski definition) is 1. The predicted molar refractivity (Wildman–Crippen MR) is 77.6 cm³/mol. The Bertz CT molecular complexity index is 492. The van der Waals surface area contributed by atoms with E-state index in [-0.39, 0.29) is 11.9 Å². The van der Waals surface area contributed by atoms with E-state index in [1.165, 1.54) is 17.7 Å². The Morgan fingerprint density at radius 3 is 2.21 bits per heavy atom. The summed E-state index contributed by atoms with van der Waals surface area (Å²) in [6, 6.07) is 17.7. The van der Waals surface area contributed by atoms with E-state index >= 15 is 0 Å². The Kier molecular flexibility index (Phi) is 4.69. The third kappa shape index (κ3) is 4.18. The van der Waals surface area contributed by atoms with Gasteiger partial charge in [0.2, 0.25) is 0 Å². The fourth-order valence-corrected chi connectivity index (χ4v) is 2.30. The molecule has 2 rings (SSSR count). The summed E-state index contributed by atoms with van der Waals surface area (Å²) < 4.78 is 12.9. The van der Waals surface area contributed by atoms with E-state index in [0.717, 1.165) is 12.0 Å². The third-order valence-electron chi connectivity index (χ3n) is 3.29. The molecule has 0 radical (unpaired) electrons. The van der Waals surface area contributed by atoms with Gasteiger partial charge in [0.25, 0.3) is 0 Å². The van der Waals surface area contributed by atoms with Gasteiger partial charge >= 0.3 is 0 Å². The van der Waals surface area contributed by atoms with Gasteiger partial charge in [0.1, 0.15) is 5.82 Å². The highest BCUT2D eigenvalue weighted by Gasteiger charge is 2.09. The molecule has 0 aliphatic carbocycles. The second kappa shape index (κ2) is 6.48. The van der Waals surface area contributed by atoms with Crippen LogP contribution >= 0.6 is 0 Å². The fraction of sp³-hybridized carbons (Fsp3) is 0.294. The third-order valence-corrected chi connectivity index (χ3v) is 3.29. The van der Waals surface area contributed by atoms with Crippen LogP contribution in [0.4, 0.5) is 4.39 Å². The molecule has 0 saturated carbocycles. The summed E-state index contributed by atoms with van der Waals surface area (Å²) in [5.41, 5.74) is 2.44. The molecule has 0 aliphatic heterocycles. The van der Waals surface area contributed by atoms with Crippen LogP contribution in [0.25, 0.3) is 0 Å². The van der Waals surface area contributed by atoms with E-state index in [1.54, 1.807) is 0 Å². The molecule has 0 heterocycles. The molecule has 2 atom stereocenters. The molecule has 2 heteroatoms. The van der Waals surface area contributed by atoms with Gasteiger partial charge in [-0.1, -0.05) is 42.5 Å². The Balaban J connectivity index is 1.91. The largest absolute Gasteiger partial charge is 0.307 e. The van der Waals surface area contributed by atoms with Crippen LogP contribution in [0.5, 0.6) is 0 Å². The molecule has 1 N–H and O–H groups in total. The van der Waals surface area contributed by atoms with Crippen molar-refractivity contribution >= 4 is 0 Å². The zero-order chi connectivity index (χ0) is 13.7. The maximum absolute atomic E-state index is 12.9. The second-order valence-corrected chi connectivity index (χ2v) is 5.03. The minimum atomic E-state index is -0.187. The van der Waals surface area contributed by atoms with Gasteiger partial charge in [-0.15, -0.1) is 0 Å². The smallest absolute Gasteiger partial charge is 0.123 e. The van der Waals surface area contributed by atoms with Crippen molar-refractivity contribution in [3.63, 3.8) is 0 Å². The monoisotopic (exact) mass is 257 g/mol. The molecular weight excluding hydrogens is 237 g/mol. The normalized spacial score (nSPS) is 14.1. The molecule has 0 bridgehead atoms. The zero-order valence-electron chi connectivity index (χ0n) is 11.4. The van der Waals surface area contributed by atoms with Gasteiger partial charge in [-0.3, -0.25) is 0 Å². The predicted octanol–water partition coefficient (Wildman–Crippen LogP) is 4.11. The summed E-state index contributed by atoms with van der Waals surface area (Å²) in [4.78, 5) is 0. The standard InChI is InChI=1S/C17H20FN/c1-13(12-15-6-4-3-5-7-15)19-14(2)16-8-10-17(18)11-9-16/h3-11,13-14,19H,12H2,1-2H3/t13?,14-/m0/s1. The number of hydrogen-bond donors (Lipinski definition) is 1. The molecule has 0 saturated heterocycles. The molecule has 19 heavy (non-hydrogen) atoms. The molecule has 0 aliphatic rings. The Morgan fingerprint density at radius 1 is 0.947 bits per heavy atom. The van der Waals surface area contributed by atoms with Crippen LogP contribution in [0.15, 0.2) is 54.6 Å². The summed E-state index contributed by atoms with van der Waals surface area (Å²) in [6.07, 6.45) is 0.992. The highest BCUT2D eigenvalue weighted by Crippen LogP contribution is 2.14. The van der Waals surface area contributed by atoms with Crippen LogP contribution in [0, 0.1) is 5.82 Å². The summed E-state index contributed by atoms with van der Waals surface area (Å²) in [5, 5.41) is 3.54. The van der Waals surface area contributed by atoms with Gasteiger partial charge in [0.05, 0.1) is 0 Å². The van der Waals surface area contributed by atoms with Crippen molar-refractivity contribution in [2.24, 2.45) is 0 Å². The van der Waals surface area contributed by atoms with Gasteiger partial charge in [0, 0.05) is 12.1 Å². The van der Waals surface area contributed by atoms with Crippen molar-refractivity contribution in [3.8, 4) is 0 Å². The first kappa shape index (κ1) is 13.8. The van der Waals surface area contributed by atoms with Crippen molar-refractivity contribution in [1.29, 1.82) is 0 Å². The summed E-state index contributed by atoms with van der Waals surface area (Å²) in [6.45, 7) is 4.28. The van der Waals surface area contributed by atoms with Gasteiger partial charge < -0.3 is 5.32 Å². The Hall–Kier alpha value is -1.67. The molecule has 1 nitrogen and oxygen atoms in total. The lowest BCUT2D eigenvalue weighted by atomic mass is 10.0.